The van der Waals surface area contributed by atoms with Gasteiger partial charge in [-0.15, -0.1) is 0 Å². The minimum absolute atomic E-state index is 0.0318. The number of piperidine rings is 1. The van der Waals surface area contributed by atoms with Gasteiger partial charge in [0, 0.05) is 37.3 Å². The predicted octanol–water partition coefficient (Wildman–Crippen LogP) is 3.09. The van der Waals surface area contributed by atoms with E-state index in [4.69, 9.17) is 11.6 Å². The number of aromatic amines is 1. The standard InChI is InChI=1S/C19H20ClN5O2/c1-11(26)21-13-6-8-25(9-7-13)14-4-2-12(3-5-14)17-15(20)10-16-18(23-17)24-19(27)22-16/h2-5,10,13H,6-9H2,1H3,(H,21,26)(H2,22,23,24,27). The van der Waals surface area contributed by atoms with Crippen LogP contribution in [0.25, 0.3) is 22.4 Å². The highest BCUT2D eigenvalue weighted by molar-refractivity contribution is 6.33. The Kier molecular flexibility index (Phi) is 4.61. The normalized spacial score (nSPS) is 15.3. The van der Waals surface area contributed by atoms with Crippen LogP contribution < -0.4 is 10.2 Å². The molecule has 27 heavy (non-hydrogen) atoms. The molecule has 3 N–H and O–H groups in total. The average Bonchev–Trinajstić information content (AvgIpc) is 3.00. The number of amides is 1. The molecule has 7 nitrogen and oxygen atoms in total. The molecule has 0 atom stereocenters. The first kappa shape index (κ1) is 17.6. The largest absolute Gasteiger partial charge is 0.480 e. The summed E-state index contributed by atoms with van der Waals surface area (Å²) in [6.07, 6.45) is 1.88. The van der Waals surface area contributed by atoms with Gasteiger partial charge in [-0.2, -0.15) is 4.98 Å². The zero-order valence-electron chi connectivity index (χ0n) is 14.9. The van der Waals surface area contributed by atoms with Crippen molar-refractivity contribution in [1.29, 1.82) is 0 Å². The Labute approximate surface area is 161 Å². The molecule has 0 saturated carbocycles. The maximum Gasteiger partial charge on any atom is 0.293 e. The number of fused-ring (bicyclic) bond motifs is 1. The highest BCUT2D eigenvalue weighted by Gasteiger charge is 2.20. The number of imidazole rings is 1. The fraction of sp³-hybridized carbons (Fsp3) is 0.316. The van der Waals surface area contributed by atoms with E-state index >= 15 is 0 Å². The smallest absolute Gasteiger partial charge is 0.293 e. The second kappa shape index (κ2) is 7.08. The summed E-state index contributed by atoms with van der Waals surface area (Å²) in [5.74, 6) is 0.0318. The number of hydrogen-bond donors (Lipinski definition) is 3. The lowest BCUT2D eigenvalue weighted by atomic mass is 10.0. The minimum atomic E-state index is -0.177. The SMILES string of the molecule is CC(=O)NC1CCN(c2ccc(-c3nc4nc(O)[nH]c4cc3Cl)cc2)CC1. The summed E-state index contributed by atoms with van der Waals surface area (Å²) in [7, 11) is 0. The van der Waals surface area contributed by atoms with Crippen LogP contribution >= 0.6 is 11.6 Å². The number of aromatic hydroxyl groups is 1. The lowest BCUT2D eigenvalue weighted by Gasteiger charge is -2.33. The van der Waals surface area contributed by atoms with Crippen molar-refractivity contribution in [3.8, 4) is 17.3 Å². The Morgan fingerprint density at radius 3 is 2.63 bits per heavy atom. The molecule has 140 valence electrons. The van der Waals surface area contributed by atoms with Gasteiger partial charge in [-0.3, -0.25) is 4.79 Å². The summed E-state index contributed by atoms with van der Waals surface area (Å²) in [5, 5.41) is 13.0. The van der Waals surface area contributed by atoms with Crippen molar-refractivity contribution in [2.75, 3.05) is 18.0 Å². The topological polar surface area (TPSA) is 94.1 Å². The number of halogens is 1. The summed E-state index contributed by atoms with van der Waals surface area (Å²) in [4.78, 5) is 24.6. The van der Waals surface area contributed by atoms with E-state index in [-0.39, 0.29) is 18.0 Å². The molecule has 8 heteroatoms. The molecule has 4 rings (SSSR count). The summed E-state index contributed by atoms with van der Waals surface area (Å²) in [6, 6.07) is 9.88. The Morgan fingerprint density at radius 1 is 1.26 bits per heavy atom. The van der Waals surface area contributed by atoms with Crippen molar-refractivity contribution in [3.63, 3.8) is 0 Å². The fourth-order valence-corrected chi connectivity index (χ4v) is 3.77. The Bertz CT molecular complexity index is 978. The summed E-state index contributed by atoms with van der Waals surface area (Å²) < 4.78 is 0. The molecule has 1 amide bonds. The first-order chi connectivity index (χ1) is 13.0. The molecule has 3 heterocycles. The lowest BCUT2D eigenvalue weighted by Crippen LogP contribution is -2.44. The Hall–Kier alpha value is -2.80. The van der Waals surface area contributed by atoms with E-state index in [1.165, 1.54) is 0 Å². The molecular formula is C19H20ClN5O2. The van der Waals surface area contributed by atoms with Gasteiger partial charge in [-0.1, -0.05) is 23.7 Å². The minimum Gasteiger partial charge on any atom is -0.480 e. The number of H-pyrrole nitrogens is 1. The molecule has 1 fully saturated rings. The third-order valence-electron chi connectivity index (χ3n) is 4.82. The van der Waals surface area contributed by atoms with Crippen LogP contribution in [-0.2, 0) is 4.79 Å². The number of rotatable bonds is 3. The molecule has 0 unspecified atom stereocenters. The van der Waals surface area contributed by atoms with Gasteiger partial charge in [0.2, 0.25) is 5.91 Å². The van der Waals surface area contributed by atoms with Gasteiger partial charge < -0.3 is 20.3 Å². The van der Waals surface area contributed by atoms with Crippen molar-refractivity contribution in [1.82, 2.24) is 20.3 Å². The average molecular weight is 386 g/mol. The van der Waals surface area contributed by atoms with Crippen LogP contribution in [0.15, 0.2) is 30.3 Å². The number of pyridine rings is 1. The zero-order valence-corrected chi connectivity index (χ0v) is 15.6. The highest BCUT2D eigenvalue weighted by Crippen LogP contribution is 2.31. The second-order valence-electron chi connectivity index (χ2n) is 6.76. The molecule has 0 radical (unpaired) electrons. The highest BCUT2D eigenvalue weighted by atomic mass is 35.5. The van der Waals surface area contributed by atoms with Gasteiger partial charge in [0.1, 0.15) is 0 Å². The molecule has 2 aromatic heterocycles. The number of carbonyl (C=O) groups excluding carboxylic acids is 1. The predicted molar refractivity (Wildman–Crippen MR) is 105 cm³/mol. The molecular weight excluding hydrogens is 366 g/mol. The third-order valence-corrected chi connectivity index (χ3v) is 5.11. The van der Waals surface area contributed by atoms with Crippen molar-refractivity contribution in [3.05, 3.63) is 35.4 Å². The van der Waals surface area contributed by atoms with Gasteiger partial charge in [0.05, 0.1) is 16.2 Å². The van der Waals surface area contributed by atoms with Crippen LogP contribution in [0.2, 0.25) is 5.02 Å². The first-order valence-corrected chi connectivity index (χ1v) is 9.25. The third kappa shape index (κ3) is 3.68. The molecule has 0 spiro atoms. The van der Waals surface area contributed by atoms with E-state index in [2.05, 4.69) is 37.3 Å². The summed E-state index contributed by atoms with van der Waals surface area (Å²) in [5.41, 5.74) is 3.68. The van der Waals surface area contributed by atoms with E-state index in [1.54, 1.807) is 13.0 Å². The van der Waals surface area contributed by atoms with Gasteiger partial charge in [-0.05, 0) is 31.0 Å². The number of nitrogens with zero attached hydrogens (tertiary/aromatic N) is 3. The maximum atomic E-state index is 11.2. The zero-order chi connectivity index (χ0) is 19.0. The van der Waals surface area contributed by atoms with Gasteiger partial charge in [-0.25, -0.2) is 4.98 Å². The van der Waals surface area contributed by atoms with Crippen molar-refractivity contribution < 1.29 is 9.90 Å². The van der Waals surface area contributed by atoms with Crippen molar-refractivity contribution in [2.45, 2.75) is 25.8 Å². The van der Waals surface area contributed by atoms with Crippen LogP contribution in [0.5, 0.6) is 6.01 Å². The summed E-state index contributed by atoms with van der Waals surface area (Å²) in [6.45, 7) is 3.37. The van der Waals surface area contributed by atoms with E-state index < -0.39 is 0 Å². The van der Waals surface area contributed by atoms with Crippen molar-refractivity contribution in [2.24, 2.45) is 0 Å². The molecule has 1 saturated heterocycles. The van der Waals surface area contributed by atoms with Crippen molar-refractivity contribution >= 4 is 34.4 Å². The molecule has 0 aliphatic carbocycles. The summed E-state index contributed by atoms with van der Waals surface area (Å²) >= 11 is 6.36. The second-order valence-corrected chi connectivity index (χ2v) is 7.17. The van der Waals surface area contributed by atoms with Crippen LogP contribution in [0, 0.1) is 0 Å². The first-order valence-electron chi connectivity index (χ1n) is 8.87. The fourth-order valence-electron chi connectivity index (χ4n) is 3.51. The number of hydrogen-bond acceptors (Lipinski definition) is 5. The molecule has 1 aliphatic rings. The van der Waals surface area contributed by atoms with E-state index in [0.717, 1.165) is 37.2 Å². The van der Waals surface area contributed by atoms with Crippen LogP contribution in [-0.4, -0.2) is 45.1 Å². The van der Waals surface area contributed by atoms with Gasteiger partial charge >= 0.3 is 0 Å². The van der Waals surface area contributed by atoms with E-state index in [1.807, 2.05) is 12.1 Å². The van der Waals surface area contributed by atoms with Crippen LogP contribution in [0.3, 0.4) is 0 Å². The quantitative estimate of drug-likeness (QED) is 0.644. The molecule has 1 aliphatic heterocycles. The Balaban J connectivity index is 1.51. The van der Waals surface area contributed by atoms with E-state index in [0.29, 0.717) is 21.9 Å². The lowest BCUT2D eigenvalue weighted by molar-refractivity contribution is -0.119. The Morgan fingerprint density at radius 2 is 1.96 bits per heavy atom. The number of nitrogens with one attached hydrogen (secondary N) is 2. The number of benzene rings is 1. The van der Waals surface area contributed by atoms with E-state index in [9.17, 15) is 9.90 Å². The number of carbonyl (C=O) groups is 1. The van der Waals surface area contributed by atoms with Crippen LogP contribution in [0.4, 0.5) is 5.69 Å². The molecule has 3 aromatic rings. The van der Waals surface area contributed by atoms with Gasteiger partial charge in [0.15, 0.2) is 5.65 Å². The van der Waals surface area contributed by atoms with Crippen LogP contribution in [0.1, 0.15) is 19.8 Å². The monoisotopic (exact) mass is 385 g/mol. The number of anilines is 1. The van der Waals surface area contributed by atoms with Gasteiger partial charge in [0.25, 0.3) is 6.01 Å². The number of aromatic nitrogens is 3. The molecule has 0 bridgehead atoms. The molecule has 1 aromatic carbocycles. The maximum absolute atomic E-state index is 11.2.